The van der Waals surface area contributed by atoms with E-state index in [4.69, 9.17) is 4.74 Å². The van der Waals surface area contributed by atoms with Gasteiger partial charge in [-0.15, -0.1) is 0 Å². The number of hydrogen-bond acceptors (Lipinski definition) is 3. The van der Waals surface area contributed by atoms with Crippen LogP contribution in [-0.4, -0.2) is 23.9 Å². The zero-order valence-corrected chi connectivity index (χ0v) is 12.2. The number of rotatable bonds is 3. The molecule has 0 unspecified atom stereocenters. The summed E-state index contributed by atoms with van der Waals surface area (Å²) >= 11 is 0. The number of aromatic hydroxyl groups is 2. The average Bonchev–Trinajstić information content (AvgIpc) is 2.19. The molecule has 0 aliphatic carbocycles. The number of methoxy groups -OCH3 is 1. The molecule has 1 aromatic rings. The molecule has 2 N–H and O–H groups in total. The van der Waals surface area contributed by atoms with E-state index in [9.17, 15) is 10.2 Å². The standard InChI is InChI=1S/C15H24O3/c1-14(2,3)10-7-13(17)11(8-12(10)16)15(4,5)9-18-6/h7-8,16-17H,9H2,1-6H3. The normalized spacial score (nSPS) is 12.8. The van der Waals surface area contributed by atoms with Crippen molar-refractivity contribution in [3.63, 3.8) is 0 Å². The lowest BCUT2D eigenvalue weighted by atomic mass is 9.80. The van der Waals surface area contributed by atoms with Gasteiger partial charge in [-0.3, -0.25) is 0 Å². The molecule has 0 aromatic heterocycles. The molecule has 18 heavy (non-hydrogen) atoms. The highest BCUT2D eigenvalue weighted by Crippen LogP contribution is 2.40. The fourth-order valence-corrected chi connectivity index (χ4v) is 2.16. The molecule has 3 nitrogen and oxygen atoms in total. The van der Waals surface area contributed by atoms with Gasteiger partial charge in [0.2, 0.25) is 0 Å². The van der Waals surface area contributed by atoms with Crippen molar-refractivity contribution in [1.82, 2.24) is 0 Å². The third-order valence-electron chi connectivity index (χ3n) is 3.16. The molecule has 0 fully saturated rings. The maximum atomic E-state index is 10.2. The van der Waals surface area contributed by atoms with Gasteiger partial charge in [0.25, 0.3) is 0 Å². The molecule has 0 aliphatic rings. The molecule has 3 heteroatoms. The van der Waals surface area contributed by atoms with Crippen molar-refractivity contribution in [3.05, 3.63) is 23.3 Å². The minimum atomic E-state index is -0.341. The monoisotopic (exact) mass is 252 g/mol. The van der Waals surface area contributed by atoms with Crippen LogP contribution in [0.1, 0.15) is 45.7 Å². The molecule has 0 amide bonds. The van der Waals surface area contributed by atoms with Gasteiger partial charge in [0.15, 0.2) is 0 Å². The van der Waals surface area contributed by atoms with Gasteiger partial charge < -0.3 is 14.9 Å². The van der Waals surface area contributed by atoms with Crippen molar-refractivity contribution >= 4 is 0 Å². The quantitative estimate of drug-likeness (QED) is 0.811. The van der Waals surface area contributed by atoms with Gasteiger partial charge in [0.05, 0.1) is 6.61 Å². The molecule has 1 aromatic carbocycles. The first-order valence-corrected chi connectivity index (χ1v) is 6.15. The van der Waals surface area contributed by atoms with Crippen molar-refractivity contribution < 1.29 is 14.9 Å². The minimum Gasteiger partial charge on any atom is -0.508 e. The fraction of sp³-hybridized carbons (Fsp3) is 0.600. The van der Waals surface area contributed by atoms with Crippen LogP contribution in [0.5, 0.6) is 11.5 Å². The number of benzene rings is 1. The van der Waals surface area contributed by atoms with E-state index in [1.54, 1.807) is 19.2 Å². The van der Waals surface area contributed by atoms with Crippen molar-refractivity contribution in [2.24, 2.45) is 0 Å². The summed E-state index contributed by atoms with van der Waals surface area (Å²) in [7, 11) is 1.63. The van der Waals surface area contributed by atoms with Crippen molar-refractivity contribution in [1.29, 1.82) is 0 Å². The van der Waals surface area contributed by atoms with Crippen LogP contribution in [0.2, 0.25) is 0 Å². The third-order valence-corrected chi connectivity index (χ3v) is 3.16. The van der Waals surface area contributed by atoms with Crippen LogP contribution >= 0.6 is 0 Å². The summed E-state index contributed by atoms with van der Waals surface area (Å²) in [5, 5.41) is 20.3. The zero-order valence-electron chi connectivity index (χ0n) is 12.2. The van der Waals surface area contributed by atoms with Gasteiger partial charge in [-0.2, -0.15) is 0 Å². The molecule has 0 radical (unpaired) electrons. The Labute approximate surface area is 109 Å². The maximum absolute atomic E-state index is 10.2. The highest BCUT2D eigenvalue weighted by Gasteiger charge is 2.27. The molecule has 0 spiro atoms. The van der Waals surface area contributed by atoms with Crippen LogP contribution in [0.3, 0.4) is 0 Å². The van der Waals surface area contributed by atoms with Crippen LogP contribution in [0, 0.1) is 0 Å². The van der Waals surface area contributed by atoms with Gasteiger partial charge in [0.1, 0.15) is 11.5 Å². The lowest BCUT2D eigenvalue weighted by Crippen LogP contribution is -2.24. The highest BCUT2D eigenvalue weighted by atomic mass is 16.5. The number of hydrogen-bond donors (Lipinski definition) is 2. The Morgan fingerprint density at radius 2 is 1.39 bits per heavy atom. The summed E-state index contributed by atoms with van der Waals surface area (Å²) in [5.41, 5.74) is 0.907. The molecule has 0 aliphatic heterocycles. The lowest BCUT2D eigenvalue weighted by molar-refractivity contribution is 0.145. The van der Waals surface area contributed by atoms with Crippen LogP contribution in [0.15, 0.2) is 12.1 Å². The van der Waals surface area contributed by atoms with Crippen LogP contribution in [0.4, 0.5) is 0 Å². The van der Waals surface area contributed by atoms with E-state index in [1.807, 2.05) is 34.6 Å². The Bertz CT molecular complexity index is 428. The molecule has 0 saturated heterocycles. The van der Waals surface area contributed by atoms with Gasteiger partial charge in [-0.05, 0) is 17.5 Å². The van der Waals surface area contributed by atoms with E-state index in [0.717, 1.165) is 5.56 Å². The van der Waals surface area contributed by atoms with Crippen LogP contribution in [0.25, 0.3) is 0 Å². The number of ether oxygens (including phenoxy) is 1. The predicted molar refractivity (Wildman–Crippen MR) is 73.4 cm³/mol. The zero-order chi connectivity index (χ0) is 14.1. The molecule has 0 atom stereocenters. The van der Waals surface area contributed by atoms with E-state index in [1.165, 1.54) is 0 Å². The topological polar surface area (TPSA) is 49.7 Å². The lowest BCUT2D eigenvalue weighted by Gasteiger charge is -2.28. The van der Waals surface area contributed by atoms with E-state index >= 15 is 0 Å². The first-order chi connectivity index (χ1) is 8.09. The van der Waals surface area contributed by atoms with E-state index in [0.29, 0.717) is 12.2 Å². The van der Waals surface area contributed by atoms with Crippen molar-refractivity contribution in [3.8, 4) is 11.5 Å². The van der Waals surface area contributed by atoms with Crippen LogP contribution < -0.4 is 0 Å². The first kappa shape index (κ1) is 14.8. The van der Waals surface area contributed by atoms with Crippen molar-refractivity contribution in [2.75, 3.05) is 13.7 Å². The second kappa shape index (κ2) is 4.81. The maximum Gasteiger partial charge on any atom is 0.119 e. The van der Waals surface area contributed by atoms with Gasteiger partial charge >= 0.3 is 0 Å². The highest BCUT2D eigenvalue weighted by molar-refractivity contribution is 5.50. The fourth-order valence-electron chi connectivity index (χ4n) is 2.16. The van der Waals surface area contributed by atoms with Crippen LogP contribution in [-0.2, 0) is 15.6 Å². The summed E-state index contributed by atoms with van der Waals surface area (Å²) in [6.07, 6.45) is 0. The molecule has 1 rings (SSSR count). The smallest absolute Gasteiger partial charge is 0.119 e. The van der Waals surface area contributed by atoms with Gasteiger partial charge in [-0.1, -0.05) is 34.6 Å². The molecule has 0 heterocycles. The van der Waals surface area contributed by atoms with E-state index < -0.39 is 0 Å². The summed E-state index contributed by atoms with van der Waals surface area (Å²) in [6.45, 7) is 10.4. The molecular weight excluding hydrogens is 228 g/mol. The Balaban J connectivity index is 3.32. The Kier molecular flexibility index (Phi) is 3.96. The Morgan fingerprint density at radius 1 is 0.944 bits per heavy atom. The Hall–Kier alpha value is -1.22. The number of phenolic OH excluding ortho intramolecular Hbond substituents is 2. The molecule has 0 saturated carbocycles. The van der Waals surface area contributed by atoms with Gasteiger partial charge in [0, 0.05) is 23.7 Å². The van der Waals surface area contributed by atoms with Gasteiger partial charge in [-0.25, -0.2) is 0 Å². The molecule has 102 valence electrons. The summed E-state index contributed by atoms with van der Waals surface area (Å²) in [4.78, 5) is 0. The summed E-state index contributed by atoms with van der Waals surface area (Å²) in [5.74, 6) is 0.430. The first-order valence-electron chi connectivity index (χ1n) is 6.15. The molecular formula is C15H24O3. The average molecular weight is 252 g/mol. The minimum absolute atomic E-state index is 0.203. The molecule has 0 bridgehead atoms. The predicted octanol–water partition coefficient (Wildman–Crippen LogP) is 3.32. The second-order valence-electron chi connectivity index (χ2n) is 6.45. The summed E-state index contributed by atoms with van der Waals surface area (Å²) in [6, 6.07) is 3.30. The van der Waals surface area contributed by atoms with Crippen molar-refractivity contribution in [2.45, 2.75) is 45.4 Å². The third kappa shape index (κ3) is 2.96. The van der Waals surface area contributed by atoms with E-state index in [-0.39, 0.29) is 22.3 Å². The summed E-state index contributed by atoms with van der Waals surface area (Å²) < 4.78 is 5.16. The SMILES string of the molecule is COCC(C)(C)c1cc(O)c(C(C)(C)C)cc1O. The Morgan fingerprint density at radius 3 is 1.83 bits per heavy atom. The number of phenols is 2. The second-order valence-corrected chi connectivity index (χ2v) is 6.45. The van der Waals surface area contributed by atoms with E-state index in [2.05, 4.69) is 0 Å². The largest absolute Gasteiger partial charge is 0.508 e.